The zero-order valence-electron chi connectivity index (χ0n) is 18.6. The highest BCUT2D eigenvalue weighted by Gasteiger charge is 2.43. The van der Waals surface area contributed by atoms with Crippen LogP contribution in [0.1, 0.15) is 40.3 Å². The van der Waals surface area contributed by atoms with Gasteiger partial charge in [0.2, 0.25) is 11.9 Å². The van der Waals surface area contributed by atoms with Crippen LogP contribution >= 0.6 is 7.60 Å². The van der Waals surface area contributed by atoms with Gasteiger partial charge in [-0.3, -0.25) is 29.0 Å². The Morgan fingerprint density at radius 2 is 2.09 bits per heavy atom. The molecule has 182 valence electrons. The number of aliphatic hydroxyl groups excluding tert-OH is 2. The molecule has 33 heavy (non-hydrogen) atoms. The number of hydrogen-bond donors (Lipinski definition) is 5. The first-order valence-corrected chi connectivity index (χ1v) is 12.1. The Bertz CT molecular complexity index is 1140. The number of fused-ring (bicyclic) bond motifs is 1. The van der Waals surface area contributed by atoms with Gasteiger partial charge >= 0.3 is 7.60 Å². The Balaban J connectivity index is 1.87. The van der Waals surface area contributed by atoms with E-state index in [9.17, 15) is 29.3 Å². The van der Waals surface area contributed by atoms with Gasteiger partial charge in [-0.05, 0) is 19.4 Å². The number of aliphatic hydroxyl groups is 2. The van der Waals surface area contributed by atoms with Crippen LogP contribution in [0.15, 0.2) is 23.0 Å². The van der Waals surface area contributed by atoms with Crippen LogP contribution in [0, 0.1) is 5.92 Å². The molecule has 13 nitrogen and oxygen atoms in total. The van der Waals surface area contributed by atoms with Crippen molar-refractivity contribution in [3.05, 3.63) is 28.6 Å². The molecule has 5 N–H and O–H groups in total. The van der Waals surface area contributed by atoms with Gasteiger partial charge in [0, 0.05) is 11.7 Å². The molecule has 3 rings (SSSR count). The molecule has 6 unspecified atom stereocenters. The summed E-state index contributed by atoms with van der Waals surface area (Å²) in [6, 6.07) is 0. The molecule has 0 aliphatic carbocycles. The fraction of sp³-hybridized carbons (Fsp3) is 0.579. The molecule has 1 aliphatic rings. The number of hydrogen-bond acceptors (Lipinski definition) is 9. The number of carbonyl (C=O) groups excluding carboxylic acids is 1. The van der Waals surface area contributed by atoms with Gasteiger partial charge in [-0.25, -0.2) is 4.98 Å². The zero-order chi connectivity index (χ0) is 24.5. The van der Waals surface area contributed by atoms with E-state index in [1.54, 1.807) is 27.7 Å². The summed E-state index contributed by atoms with van der Waals surface area (Å²) in [6.07, 6.45) is -2.86. The number of H-pyrrole nitrogens is 1. The van der Waals surface area contributed by atoms with Crippen molar-refractivity contribution in [1.82, 2.24) is 19.5 Å². The summed E-state index contributed by atoms with van der Waals surface area (Å²) in [4.78, 5) is 44.8. The number of amides is 1. The number of nitrogens with zero attached hydrogens (tertiary/aromatic N) is 3. The van der Waals surface area contributed by atoms with Crippen molar-refractivity contribution in [2.24, 2.45) is 5.92 Å². The zero-order valence-corrected chi connectivity index (χ0v) is 19.5. The molecule has 2 aromatic rings. The van der Waals surface area contributed by atoms with Crippen LogP contribution in [-0.2, 0) is 18.6 Å². The predicted molar refractivity (Wildman–Crippen MR) is 117 cm³/mol. The van der Waals surface area contributed by atoms with Crippen LogP contribution in [0.2, 0.25) is 0 Å². The van der Waals surface area contributed by atoms with E-state index < -0.39 is 43.8 Å². The second-order valence-electron chi connectivity index (χ2n) is 8.08. The predicted octanol–water partition coefficient (Wildman–Crippen LogP) is 0.847. The first kappa shape index (κ1) is 25.2. The number of ether oxygens (including phenoxy) is 1. The standard InChI is InChI=1S/C19H28N5O8P/c1-5-10(4)32-33(29,30)7-6-11-13(25)14(26)18(31-11)24-8-20-12-15(24)21-19(23-17(12)28)22-16(27)9(2)3/h6-11,13-14,18,25-26H,5H2,1-4H3,(H,29,30)(H2,21,22,23,27,28). The van der Waals surface area contributed by atoms with E-state index >= 15 is 0 Å². The third kappa shape index (κ3) is 5.57. The number of nitrogens with one attached hydrogen (secondary N) is 2. The molecule has 1 saturated heterocycles. The summed E-state index contributed by atoms with van der Waals surface area (Å²) in [5, 5.41) is 23.4. The van der Waals surface area contributed by atoms with E-state index in [-0.39, 0.29) is 28.9 Å². The summed E-state index contributed by atoms with van der Waals surface area (Å²) in [5.74, 6) is 0.0667. The normalized spacial score (nSPS) is 26.2. The number of rotatable bonds is 8. The first-order valence-electron chi connectivity index (χ1n) is 10.4. The van der Waals surface area contributed by atoms with Crippen LogP contribution in [0.5, 0.6) is 0 Å². The van der Waals surface area contributed by atoms with E-state index in [4.69, 9.17) is 9.26 Å². The Morgan fingerprint density at radius 3 is 2.73 bits per heavy atom. The summed E-state index contributed by atoms with van der Waals surface area (Å²) in [6.45, 7) is 6.79. The van der Waals surface area contributed by atoms with Crippen LogP contribution in [0.3, 0.4) is 0 Å². The van der Waals surface area contributed by atoms with Gasteiger partial charge in [-0.1, -0.05) is 20.8 Å². The van der Waals surface area contributed by atoms with Crippen LogP contribution < -0.4 is 10.9 Å². The van der Waals surface area contributed by atoms with Crippen molar-refractivity contribution < 1.29 is 33.7 Å². The number of anilines is 1. The molecule has 0 aromatic carbocycles. The molecule has 0 saturated carbocycles. The summed E-state index contributed by atoms with van der Waals surface area (Å²) < 4.78 is 24.2. The summed E-state index contributed by atoms with van der Waals surface area (Å²) in [7, 11) is -4.09. The largest absolute Gasteiger partial charge is 0.387 e. The van der Waals surface area contributed by atoms with Crippen molar-refractivity contribution in [2.75, 3.05) is 5.32 Å². The minimum atomic E-state index is -4.09. The van der Waals surface area contributed by atoms with E-state index in [0.29, 0.717) is 6.42 Å². The van der Waals surface area contributed by atoms with Crippen molar-refractivity contribution >= 4 is 30.6 Å². The molecule has 1 amide bonds. The van der Waals surface area contributed by atoms with Gasteiger partial charge < -0.3 is 24.4 Å². The molecule has 0 spiro atoms. The number of imidazole rings is 1. The first-order chi connectivity index (χ1) is 15.4. The van der Waals surface area contributed by atoms with Gasteiger partial charge in [0.25, 0.3) is 5.56 Å². The van der Waals surface area contributed by atoms with Crippen molar-refractivity contribution in [1.29, 1.82) is 0 Å². The van der Waals surface area contributed by atoms with Crippen LogP contribution in [-0.4, -0.2) is 64.9 Å². The van der Waals surface area contributed by atoms with E-state index in [1.807, 2.05) is 0 Å². The molecule has 2 aromatic heterocycles. The average molecular weight is 485 g/mol. The summed E-state index contributed by atoms with van der Waals surface area (Å²) >= 11 is 0. The SMILES string of the molecule is CCC(C)OP(=O)(O)C=CC1OC(n2cnc3c(=O)[nH]c(NC(=O)C(C)C)nc32)C(O)C1O. The number of carbonyl (C=O) groups is 1. The maximum atomic E-state index is 12.4. The van der Waals surface area contributed by atoms with Crippen LogP contribution in [0.4, 0.5) is 5.95 Å². The fourth-order valence-corrected chi connectivity index (χ4v) is 4.19. The lowest BCUT2D eigenvalue weighted by Crippen LogP contribution is -2.30. The topological polar surface area (TPSA) is 189 Å². The molecule has 6 atom stereocenters. The highest BCUT2D eigenvalue weighted by molar-refractivity contribution is 7.56. The molecular formula is C19H28N5O8P. The minimum absolute atomic E-state index is 0.00613. The van der Waals surface area contributed by atoms with Gasteiger partial charge in [0.05, 0.1) is 12.4 Å². The molecule has 1 fully saturated rings. The van der Waals surface area contributed by atoms with E-state index in [1.165, 1.54) is 10.9 Å². The van der Waals surface area contributed by atoms with Gasteiger partial charge in [0.1, 0.15) is 18.3 Å². The fourth-order valence-electron chi connectivity index (χ4n) is 3.07. The van der Waals surface area contributed by atoms with E-state index in [2.05, 4.69) is 20.3 Å². The average Bonchev–Trinajstić information content (AvgIpc) is 3.28. The number of aromatic nitrogens is 4. The lowest BCUT2D eigenvalue weighted by Gasteiger charge is -2.16. The van der Waals surface area contributed by atoms with Gasteiger partial charge in [-0.15, -0.1) is 0 Å². The van der Waals surface area contributed by atoms with Crippen LogP contribution in [0.25, 0.3) is 11.2 Å². The lowest BCUT2D eigenvalue weighted by atomic mass is 10.1. The highest BCUT2D eigenvalue weighted by atomic mass is 31.2. The Kier molecular flexibility index (Phi) is 7.52. The molecule has 0 bridgehead atoms. The molecule has 1 aliphatic heterocycles. The highest BCUT2D eigenvalue weighted by Crippen LogP contribution is 2.46. The van der Waals surface area contributed by atoms with E-state index in [0.717, 1.165) is 11.9 Å². The molecule has 0 radical (unpaired) electrons. The van der Waals surface area contributed by atoms with Gasteiger partial charge in [-0.2, -0.15) is 4.98 Å². The Hall–Kier alpha value is -2.41. The quantitative estimate of drug-likeness (QED) is 0.335. The van der Waals surface area contributed by atoms with Crippen molar-refractivity contribution in [3.63, 3.8) is 0 Å². The Morgan fingerprint density at radius 1 is 1.39 bits per heavy atom. The Labute approximate surface area is 189 Å². The maximum Gasteiger partial charge on any atom is 0.351 e. The second kappa shape index (κ2) is 9.84. The van der Waals surface area contributed by atoms with Crippen molar-refractivity contribution in [2.45, 2.75) is 64.8 Å². The molecule has 3 heterocycles. The number of aromatic amines is 1. The van der Waals surface area contributed by atoms with Crippen molar-refractivity contribution in [3.8, 4) is 0 Å². The third-order valence-electron chi connectivity index (χ3n) is 5.12. The molecule has 14 heteroatoms. The summed E-state index contributed by atoms with van der Waals surface area (Å²) in [5.41, 5.74) is -0.680. The maximum absolute atomic E-state index is 12.4. The second-order valence-corrected chi connectivity index (χ2v) is 9.72. The third-order valence-corrected chi connectivity index (χ3v) is 6.33. The smallest absolute Gasteiger partial charge is 0.351 e. The monoisotopic (exact) mass is 485 g/mol. The van der Waals surface area contributed by atoms with Gasteiger partial charge in [0.15, 0.2) is 17.4 Å². The molecular weight excluding hydrogens is 457 g/mol. The lowest BCUT2D eigenvalue weighted by molar-refractivity contribution is -0.118. The minimum Gasteiger partial charge on any atom is -0.387 e.